The number of ether oxygens (including phenoxy) is 2. The molecule has 2 amide bonds. The molecule has 9 nitrogen and oxygen atoms in total. The molecule has 0 aliphatic carbocycles. The Hall–Kier alpha value is -4.53. The van der Waals surface area contributed by atoms with Crippen molar-refractivity contribution in [1.82, 2.24) is 4.90 Å². The first-order valence-electron chi connectivity index (χ1n) is 9.95. The highest BCUT2D eigenvalue weighted by Crippen LogP contribution is 2.34. The molecule has 1 atom stereocenters. The van der Waals surface area contributed by atoms with E-state index in [1.54, 1.807) is 48.5 Å². The number of nitro groups is 1. The van der Waals surface area contributed by atoms with Crippen molar-refractivity contribution < 1.29 is 28.8 Å². The molecule has 0 N–H and O–H groups in total. The molecule has 0 saturated heterocycles. The van der Waals surface area contributed by atoms with Crippen LogP contribution in [-0.2, 0) is 4.79 Å². The van der Waals surface area contributed by atoms with Crippen molar-refractivity contribution in [3.8, 4) is 11.5 Å². The van der Waals surface area contributed by atoms with Crippen molar-refractivity contribution >= 4 is 23.5 Å². The predicted molar refractivity (Wildman–Crippen MR) is 116 cm³/mol. The summed E-state index contributed by atoms with van der Waals surface area (Å²) in [4.78, 5) is 50.2. The quantitative estimate of drug-likeness (QED) is 0.177. The summed E-state index contributed by atoms with van der Waals surface area (Å²) in [5.74, 6) is -1.02. The van der Waals surface area contributed by atoms with Crippen LogP contribution in [0.5, 0.6) is 11.5 Å². The first-order chi connectivity index (χ1) is 15.9. The molecule has 3 aromatic carbocycles. The van der Waals surface area contributed by atoms with Crippen molar-refractivity contribution in [3.63, 3.8) is 0 Å². The van der Waals surface area contributed by atoms with E-state index in [2.05, 4.69) is 0 Å². The number of nitrogens with zero attached hydrogens (tertiary/aromatic N) is 2. The largest absolute Gasteiger partial charge is 0.497 e. The molecule has 9 heteroatoms. The van der Waals surface area contributed by atoms with Crippen LogP contribution in [0.4, 0.5) is 5.69 Å². The second-order valence-electron chi connectivity index (χ2n) is 7.24. The highest BCUT2D eigenvalue weighted by molar-refractivity contribution is 6.21. The first-order valence-corrected chi connectivity index (χ1v) is 9.95. The summed E-state index contributed by atoms with van der Waals surface area (Å²) in [5, 5.41) is 10.8. The summed E-state index contributed by atoms with van der Waals surface area (Å²) in [6.45, 7) is 0. The summed E-state index contributed by atoms with van der Waals surface area (Å²) in [5.41, 5.74) is 0.942. The van der Waals surface area contributed by atoms with Gasteiger partial charge in [-0.2, -0.15) is 0 Å². The van der Waals surface area contributed by atoms with E-state index in [9.17, 15) is 24.5 Å². The summed E-state index contributed by atoms with van der Waals surface area (Å²) in [6.07, 6.45) is -0.311. The van der Waals surface area contributed by atoms with Crippen molar-refractivity contribution in [2.24, 2.45) is 0 Å². The van der Waals surface area contributed by atoms with E-state index in [1.807, 2.05) is 0 Å². The van der Waals surface area contributed by atoms with Crippen LogP contribution in [0.3, 0.4) is 0 Å². The Morgan fingerprint density at radius 3 is 1.97 bits per heavy atom. The van der Waals surface area contributed by atoms with Gasteiger partial charge in [0.1, 0.15) is 11.5 Å². The number of methoxy groups -OCH3 is 1. The number of carbonyl (C=O) groups excluding carboxylic acids is 3. The molecule has 1 aliphatic rings. The Kier molecular flexibility index (Phi) is 5.86. The minimum absolute atomic E-state index is 0.112. The van der Waals surface area contributed by atoms with Crippen LogP contribution in [0.2, 0.25) is 0 Å². The second-order valence-corrected chi connectivity index (χ2v) is 7.24. The molecular weight excluding hydrogens is 428 g/mol. The van der Waals surface area contributed by atoms with Gasteiger partial charge in [0.25, 0.3) is 17.5 Å². The lowest BCUT2D eigenvalue weighted by atomic mass is 10.0. The van der Waals surface area contributed by atoms with Gasteiger partial charge in [0.05, 0.1) is 35.6 Å². The van der Waals surface area contributed by atoms with E-state index in [1.165, 1.54) is 31.4 Å². The molecule has 0 aromatic heterocycles. The molecule has 1 aliphatic heterocycles. The molecule has 0 spiro atoms. The number of rotatable bonds is 7. The topological polar surface area (TPSA) is 116 Å². The van der Waals surface area contributed by atoms with Gasteiger partial charge < -0.3 is 9.47 Å². The van der Waals surface area contributed by atoms with Gasteiger partial charge in [0.15, 0.2) is 0 Å². The fourth-order valence-electron chi connectivity index (χ4n) is 3.64. The second kappa shape index (κ2) is 8.91. The van der Waals surface area contributed by atoms with Gasteiger partial charge in [-0.25, -0.2) is 0 Å². The highest BCUT2D eigenvalue weighted by Gasteiger charge is 2.41. The number of imide groups is 1. The predicted octanol–water partition coefficient (Wildman–Crippen LogP) is 3.94. The molecule has 0 fully saturated rings. The van der Waals surface area contributed by atoms with E-state index in [4.69, 9.17) is 9.47 Å². The lowest BCUT2D eigenvalue weighted by molar-refractivity contribution is -0.384. The third-order valence-electron chi connectivity index (χ3n) is 5.28. The average Bonchev–Trinajstić information content (AvgIpc) is 3.08. The van der Waals surface area contributed by atoms with E-state index in [0.717, 1.165) is 4.90 Å². The molecule has 33 heavy (non-hydrogen) atoms. The molecule has 0 radical (unpaired) electrons. The Bertz CT molecular complexity index is 1200. The lowest BCUT2D eigenvalue weighted by Crippen LogP contribution is -2.36. The standard InChI is InChI=1S/C24H18N2O7/c1-32-17-10-6-15(7-11-17)21(25-23(28)19-4-2-3-5-20(19)24(25)29)14-22(27)33-18-12-8-16(9-13-18)26(30)31/h2-13,21H,14H2,1H3. The van der Waals surface area contributed by atoms with Crippen LogP contribution >= 0.6 is 0 Å². The molecule has 1 heterocycles. The van der Waals surface area contributed by atoms with E-state index in [0.29, 0.717) is 11.3 Å². The first kappa shape index (κ1) is 21.7. The summed E-state index contributed by atoms with van der Waals surface area (Å²) in [7, 11) is 1.51. The SMILES string of the molecule is COc1ccc(C(CC(=O)Oc2ccc([N+](=O)[O-])cc2)N2C(=O)c3ccccc3C2=O)cc1. The average molecular weight is 446 g/mol. The van der Waals surface area contributed by atoms with Crippen molar-refractivity contribution in [3.05, 3.63) is 99.6 Å². The molecule has 0 saturated carbocycles. The molecule has 0 bridgehead atoms. The van der Waals surface area contributed by atoms with E-state index < -0.39 is 28.7 Å². The normalized spacial score (nSPS) is 13.4. The minimum Gasteiger partial charge on any atom is -0.497 e. The maximum absolute atomic E-state index is 13.1. The Morgan fingerprint density at radius 1 is 0.909 bits per heavy atom. The molecule has 1 unspecified atom stereocenters. The third kappa shape index (κ3) is 4.29. The van der Waals surface area contributed by atoms with Crippen molar-refractivity contribution in [2.75, 3.05) is 7.11 Å². The van der Waals surface area contributed by atoms with Crippen LogP contribution in [-0.4, -0.2) is 34.7 Å². The lowest BCUT2D eigenvalue weighted by Gasteiger charge is -2.26. The Labute approximate surface area is 188 Å². The van der Waals surface area contributed by atoms with Crippen LogP contribution in [0, 0.1) is 10.1 Å². The number of hydrogen-bond acceptors (Lipinski definition) is 7. The number of fused-ring (bicyclic) bond motifs is 1. The fourth-order valence-corrected chi connectivity index (χ4v) is 3.64. The highest BCUT2D eigenvalue weighted by atomic mass is 16.6. The van der Waals surface area contributed by atoms with E-state index in [-0.39, 0.29) is 29.0 Å². The Morgan fingerprint density at radius 2 is 1.45 bits per heavy atom. The summed E-state index contributed by atoms with van der Waals surface area (Å²) >= 11 is 0. The number of nitro benzene ring substituents is 1. The number of non-ortho nitro benzene ring substituents is 1. The van der Waals surface area contributed by atoms with Crippen molar-refractivity contribution in [2.45, 2.75) is 12.5 Å². The van der Waals surface area contributed by atoms with Crippen LogP contribution in [0.25, 0.3) is 0 Å². The zero-order chi connectivity index (χ0) is 23.5. The molecular formula is C24H18N2O7. The number of amides is 2. The number of carbonyl (C=O) groups is 3. The van der Waals surface area contributed by atoms with E-state index >= 15 is 0 Å². The maximum atomic E-state index is 13.1. The van der Waals surface area contributed by atoms with Gasteiger partial charge >= 0.3 is 5.97 Å². The Balaban J connectivity index is 1.62. The number of benzene rings is 3. The molecule has 3 aromatic rings. The van der Waals surface area contributed by atoms with Gasteiger partial charge in [-0.05, 0) is 42.0 Å². The number of hydrogen-bond donors (Lipinski definition) is 0. The van der Waals surface area contributed by atoms with Gasteiger partial charge in [0.2, 0.25) is 0 Å². The maximum Gasteiger partial charge on any atom is 0.313 e. The summed E-state index contributed by atoms with van der Waals surface area (Å²) < 4.78 is 10.5. The van der Waals surface area contributed by atoms with Gasteiger partial charge in [-0.15, -0.1) is 0 Å². The monoisotopic (exact) mass is 446 g/mol. The van der Waals surface area contributed by atoms with Crippen molar-refractivity contribution in [1.29, 1.82) is 0 Å². The van der Waals surface area contributed by atoms with Gasteiger partial charge in [-0.3, -0.25) is 29.4 Å². The fraction of sp³-hybridized carbons (Fsp3) is 0.125. The van der Waals surface area contributed by atoms with Crippen LogP contribution in [0.15, 0.2) is 72.8 Å². The van der Waals surface area contributed by atoms with Crippen LogP contribution in [0.1, 0.15) is 38.7 Å². The third-order valence-corrected chi connectivity index (χ3v) is 5.28. The number of esters is 1. The minimum atomic E-state index is -0.922. The summed E-state index contributed by atoms with van der Waals surface area (Å²) in [6, 6.07) is 17.3. The zero-order valence-electron chi connectivity index (χ0n) is 17.5. The zero-order valence-corrected chi connectivity index (χ0v) is 17.5. The van der Waals surface area contributed by atoms with Crippen LogP contribution < -0.4 is 9.47 Å². The van der Waals surface area contributed by atoms with Gasteiger partial charge in [-0.1, -0.05) is 24.3 Å². The molecule has 166 valence electrons. The van der Waals surface area contributed by atoms with Gasteiger partial charge in [0, 0.05) is 12.1 Å². The molecule has 4 rings (SSSR count). The smallest absolute Gasteiger partial charge is 0.313 e.